The lowest BCUT2D eigenvalue weighted by Crippen LogP contribution is -2.31. The molecule has 0 aromatic heterocycles. The molecule has 16 heavy (non-hydrogen) atoms. The fourth-order valence-corrected chi connectivity index (χ4v) is 2.25. The Morgan fingerprint density at radius 1 is 1.56 bits per heavy atom. The van der Waals surface area contributed by atoms with Crippen LogP contribution in [0.4, 0.5) is 0 Å². The first kappa shape index (κ1) is 13.4. The SMILES string of the molecule is CC/C=C(/CC=O)C(=N[C@@H]1CCC1Br)OC. The van der Waals surface area contributed by atoms with Crippen molar-refractivity contribution in [3.05, 3.63) is 11.6 Å². The summed E-state index contributed by atoms with van der Waals surface area (Å²) in [6.07, 6.45) is 6.39. The van der Waals surface area contributed by atoms with Gasteiger partial charge in [0.15, 0.2) is 0 Å². The van der Waals surface area contributed by atoms with Crippen LogP contribution in [0, 0.1) is 0 Å². The number of rotatable bonds is 5. The molecule has 1 unspecified atom stereocenters. The van der Waals surface area contributed by atoms with Crippen LogP contribution in [-0.2, 0) is 9.53 Å². The van der Waals surface area contributed by atoms with E-state index in [1.165, 1.54) is 0 Å². The topological polar surface area (TPSA) is 38.7 Å². The summed E-state index contributed by atoms with van der Waals surface area (Å²) >= 11 is 3.56. The predicted molar refractivity (Wildman–Crippen MR) is 69.2 cm³/mol. The van der Waals surface area contributed by atoms with Gasteiger partial charge in [-0.2, -0.15) is 0 Å². The number of nitrogens with zero attached hydrogens (tertiary/aromatic N) is 1. The monoisotopic (exact) mass is 287 g/mol. The van der Waals surface area contributed by atoms with Gasteiger partial charge < -0.3 is 9.53 Å². The van der Waals surface area contributed by atoms with Gasteiger partial charge >= 0.3 is 0 Å². The quantitative estimate of drug-likeness (QED) is 0.338. The molecule has 0 aliphatic heterocycles. The van der Waals surface area contributed by atoms with E-state index in [0.29, 0.717) is 23.2 Å². The molecular formula is C12H18BrNO2. The van der Waals surface area contributed by atoms with Crippen LogP contribution in [0.3, 0.4) is 0 Å². The van der Waals surface area contributed by atoms with Gasteiger partial charge in [-0.25, -0.2) is 4.99 Å². The van der Waals surface area contributed by atoms with E-state index in [4.69, 9.17) is 4.74 Å². The lowest BCUT2D eigenvalue weighted by Gasteiger charge is -2.29. The Kier molecular flexibility index (Phi) is 5.74. The van der Waals surface area contributed by atoms with Crippen LogP contribution in [0.1, 0.15) is 32.6 Å². The number of allylic oxidation sites excluding steroid dienone is 1. The molecule has 0 spiro atoms. The molecule has 1 saturated carbocycles. The second-order valence-corrected chi connectivity index (χ2v) is 4.98. The third-order valence-corrected chi connectivity index (χ3v) is 3.73. The van der Waals surface area contributed by atoms with Gasteiger partial charge in [0.1, 0.15) is 6.29 Å². The van der Waals surface area contributed by atoms with Crippen LogP contribution in [0.2, 0.25) is 0 Å². The minimum atomic E-state index is 0.293. The van der Waals surface area contributed by atoms with Crippen molar-refractivity contribution in [1.29, 1.82) is 0 Å². The van der Waals surface area contributed by atoms with E-state index < -0.39 is 0 Å². The van der Waals surface area contributed by atoms with Gasteiger partial charge in [0, 0.05) is 16.8 Å². The average molecular weight is 288 g/mol. The molecule has 3 nitrogen and oxygen atoms in total. The van der Waals surface area contributed by atoms with E-state index in [9.17, 15) is 4.79 Å². The molecule has 1 rings (SSSR count). The molecule has 4 heteroatoms. The largest absolute Gasteiger partial charge is 0.481 e. The molecule has 0 aromatic rings. The van der Waals surface area contributed by atoms with Crippen molar-refractivity contribution < 1.29 is 9.53 Å². The molecule has 0 aromatic carbocycles. The van der Waals surface area contributed by atoms with E-state index in [-0.39, 0.29) is 0 Å². The zero-order valence-corrected chi connectivity index (χ0v) is 11.4. The Labute approximate surface area is 105 Å². The number of aliphatic imine (C=N–C) groups is 1. The minimum absolute atomic E-state index is 0.293. The number of methoxy groups -OCH3 is 1. The highest BCUT2D eigenvalue weighted by molar-refractivity contribution is 9.09. The van der Waals surface area contributed by atoms with Crippen molar-refractivity contribution in [2.24, 2.45) is 4.99 Å². The van der Waals surface area contributed by atoms with E-state index >= 15 is 0 Å². The van der Waals surface area contributed by atoms with Gasteiger partial charge in [0.2, 0.25) is 5.90 Å². The minimum Gasteiger partial charge on any atom is -0.481 e. The molecule has 2 atom stereocenters. The zero-order chi connectivity index (χ0) is 12.0. The van der Waals surface area contributed by atoms with Gasteiger partial charge in [-0.1, -0.05) is 28.9 Å². The fraction of sp³-hybridized carbons (Fsp3) is 0.667. The van der Waals surface area contributed by atoms with Crippen LogP contribution in [0.25, 0.3) is 0 Å². The molecule has 90 valence electrons. The lowest BCUT2D eigenvalue weighted by atomic mass is 9.93. The standard InChI is InChI=1S/C12H18BrNO2/c1-3-4-9(7-8-15)12(16-2)14-11-6-5-10(11)13/h4,8,10-11H,3,5-7H2,1-2H3/b9-4-,14-12?/t10?,11-/m1/s1. The Bertz CT molecular complexity index is 299. The van der Waals surface area contributed by atoms with Crippen molar-refractivity contribution in [3.63, 3.8) is 0 Å². The lowest BCUT2D eigenvalue weighted by molar-refractivity contribution is -0.107. The summed E-state index contributed by atoms with van der Waals surface area (Å²) in [6, 6.07) is 0.293. The molecule has 1 aliphatic carbocycles. The summed E-state index contributed by atoms with van der Waals surface area (Å²) in [5.74, 6) is 0.614. The highest BCUT2D eigenvalue weighted by Gasteiger charge is 2.28. The molecule has 0 amide bonds. The normalized spacial score (nSPS) is 26.2. The number of hydrogen-bond acceptors (Lipinski definition) is 3. The summed E-state index contributed by atoms with van der Waals surface area (Å²) in [7, 11) is 1.61. The summed E-state index contributed by atoms with van der Waals surface area (Å²) in [5, 5.41) is 0. The number of halogens is 1. The van der Waals surface area contributed by atoms with Crippen LogP contribution in [0.5, 0.6) is 0 Å². The van der Waals surface area contributed by atoms with Crippen molar-refractivity contribution in [3.8, 4) is 0 Å². The predicted octanol–water partition coefficient (Wildman–Crippen LogP) is 2.88. The number of hydrogen-bond donors (Lipinski definition) is 0. The van der Waals surface area contributed by atoms with Crippen molar-refractivity contribution in [2.45, 2.75) is 43.5 Å². The Balaban J connectivity index is 2.76. The zero-order valence-electron chi connectivity index (χ0n) is 9.78. The van der Waals surface area contributed by atoms with Gasteiger partial charge in [0.05, 0.1) is 13.2 Å². The second kappa shape index (κ2) is 6.84. The van der Waals surface area contributed by atoms with Gasteiger partial charge in [-0.3, -0.25) is 0 Å². The Morgan fingerprint density at radius 2 is 2.31 bits per heavy atom. The second-order valence-electron chi connectivity index (χ2n) is 3.81. The molecular weight excluding hydrogens is 270 g/mol. The van der Waals surface area contributed by atoms with Gasteiger partial charge in [0.25, 0.3) is 0 Å². The van der Waals surface area contributed by atoms with E-state index in [2.05, 4.69) is 20.9 Å². The van der Waals surface area contributed by atoms with E-state index in [0.717, 1.165) is 31.1 Å². The maximum Gasteiger partial charge on any atom is 0.212 e. The first-order valence-corrected chi connectivity index (χ1v) is 6.53. The summed E-state index contributed by atoms with van der Waals surface area (Å²) < 4.78 is 5.27. The number of carbonyl (C=O) groups excluding carboxylic acids is 1. The number of ether oxygens (including phenoxy) is 1. The van der Waals surface area contributed by atoms with Crippen molar-refractivity contribution in [2.75, 3.05) is 7.11 Å². The molecule has 0 bridgehead atoms. The number of carbonyl (C=O) groups is 1. The maximum atomic E-state index is 10.6. The van der Waals surface area contributed by atoms with Crippen molar-refractivity contribution in [1.82, 2.24) is 0 Å². The van der Waals surface area contributed by atoms with Crippen LogP contribution in [-0.4, -0.2) is 30.2 Å². The maximum absolute atomic E-state index is 10.6. The van der Waals surface area contributed by atoms with Crippen LogP contribution < -0.4 is 0 Å². The van der Waals surface area contributed by atoms with Crippen LogP contribution in [0.15, 0.2) is 16.6 Å². The summed E-state index contributed by atoms with van der Waals surface area (Å²) in [5.41, 5.74) is 0.895. The third-order valence-electron chi connectivity index (χ3n) is 2.66. The van der Waals surface area contributed by atoms with Gasteiger partial charge in [-0.15, -0.1) is 0 Å². The molecule has 1 aliphatic rings. The first-order valence-electron chi connectivity index (χ1n) is 5.61. The smallest absolute Gasteiger partial charge is 0.212 e. The Hall–Kier alpha value is -0.640. The fourth-order valence-electron chi connectivity index (χ4n) is 1.60. The highest BCUT2D eigenvalue weighted by atomic mass is 79.9. The van der Waals surface area contributed by atoms with E-state index in [1.807, 2.05) is 13.0 Å². The van der Waals surface area contributed by atoms with E-state index in [1.54, 1.807) is 7.11 Å². The summed E-state index contributed by atoms with van der Waals surface area (Å²) in [6.45, 7) is 2.04. The van der Waals surface area contributed by atoms with Gasteiger partial charge in [-0.05, 0) is 19.3 Å². The molecule has 0 heterocycles. The van der Waals surface area contributed by atoms with Crippen molar-refractivity contribution >= 4 is 28.1 Å². The number of aldehydes is 1. The number of alkyl halides is 1. The summed E-state index contributed by atoms with van der Waals surface area (Å²) in [4.78, 5) is 15.6. The molecule has 0 N–H and O–H groups in total. The molecule has 0 radical (unpaired) electrons. The Morgan fingerprint density at radius 3 is 2.69 bits per heavy atom. The highest BCUT2D eigenvalue weighted by Crippen LogP contribution is 2.30. The average Bonchev–Trinajstić information content (AvgIpc) is 2.28. The van der Waals surface area contributed by atoms with Crippen LogP contribution >= 0.6 is 15.9 Å². The molecule has 1 fully saturated rings. The molecule has 0 saturated heterocycles. The first-order chi connectivity index (χ1) is 7.72. The third kappa shape index (κ3) is 3.44.